The van der Waals surface area contributed by atoms with E-state index in [0.29, 0.717) is 0 Å². The van der Waals surface area contributed by atoms with Gasteiger partial charge in [-0.3, -0.25) is 4.98 Å². The first-order chi connectivity index (χ1) is 6.77. The lowest BCUT2D eigenvalue weighted by Gasteiger charge is -1.99. The third-order valence-electron chi connectivity index (χ3n) is 1.74. The van der Waals surface area contributed by atoms with E-state index in [1.807, 2.05) is 52.1 Å². The molecule has 1 aromatic rings. The number of allylic oxidation sites excluding steroid dienone is 3. The van der Waals surface area contributed by atoms with Crippen LogP contribution in [0.25, 0.3) is 5.57 Å². The second-order valence-electron chi connectivity index (χ2n) is 2.67. The molecule has 76 valence electrons. The maximum Gasteiger partial charge on any atom is 0.0698 e. The van der Waals surface area contributed by atoms with Crippen molar-refractivity contribution in [3.8, 4) is 0 Å². The highest BCUT2D eigenvalue weighted by Crippen LogP contribution is 2.12. The minimum Gasteiger partial charge on any atom is -0.256 e. The van der Waals surface area contributed by atoms with Gasteiger partial charge in [0.25, 0.3) is 0 Å². The number of nitrogens with zero attached hydrogens (tertiary/aromatic N) is 1. The van der Waals surface area contributed by atoms with E-state index in [1.165, 1.54) is 5.56 Å². The van der Waals surface area contributed by atoms with Gasteiger partial charge in [0, 0.05) is 6.20 Å². The van der Waals surface area contributed by atoms with Crippen LogP contribution in [0.3, 0.4) is 0 Å². The van der Waals surface area contributed by atoms with Crippen molar-refractivity contribution < 1.29 is 0 Å². The molecule has 1 aromatic heterocycles. The molecule has 1 rings (SSSR count). The van der Waals surface area contributed by atoms with Gasteiger partial charge < -0.3 is 0 Å². The molecule has 0 atom stereocenters. The summed E-state index contributed by atoms with van der Waals surface area (Å²) in [4.78, 5) is 4.28. The quantitative estimate of drug-likeness (QED) is 0.641. The average molecular weight is 189 g/mol. The van der Waals surface area contributed by atoms with Crippen molar-refractivity contribution in [1.29, 1.82) is 0 Å². The molecule has 0 N–H and O–H groups in total. The molecule has 0 aliphatic rings. The molecular formula is C13H19N. The van der Waals surface area contributed by atoms with Crippen LogP contribution in [0.2, 0.25) is 0 Å². The van der Waals surface area contributed by atoms with E-state index in [2.05, 4.69) is 17.6 Å². The normalized spacial score (nSPS) is 10.1. The van der Waals surface area contributed by atoms with Gasteiger partial charge in [-0.2, -0.15) is 0 Å². The first-order valence-electron chi connectivity index (χ1n) is 4.99. The fraction of sp³-hybridized carbons (Fsp3) is 0.308. The maximum absolute atomic E-state index is 4.28. The van der Waals surface area contributed by atoms with Crippen molar-refractivity contribution in [2.45, 2.75) is 27.7 Å². The van der Waals surface area contributed by atoms with Crippen LogP contribution in [0.4, 0.5) is 0 Å². The fourth-order valence-corrected chi connectivity index (χ4v) is 1.01. The molecule has 0 aromatic carbocycles. The van der Waals surface area contributed by atoms with Crippen molar-refractivity contribution >= 4 is 5.57 Å². The Bertz CT molecular complexity index is 294. The van der Waals surface area contributed by atoms with Crippen molar-refractivity contribution in [3.63, 3.8) is 0 Å². The van der Waals surface area contributed by atoms with Crippen LogP contribution in [-0.2, 0) is 0 Å². The molecule has 0 aliphatic heterocycles. The Morgan fingerprint density at radius 3 is 2.36 bits per heavy atom. The Kier molecular flexibility index (Phi) is 6.38. The van der Waals surface area contributed by atoms with Crippen LogP contribution < -0.4 is 0 Å². The minimum absolute atomic E-state index is 0.984. The van der Waals surface area contributed by atoms with Gasteiger partial charge in [0.2, 0.25) is 0 Å². The number of hydrogen-bond donors (Lipinski definition) is 0. The highest BCUT2D eigenvalue weighted by molar-refractivity contribution is 5.70. The number of aryl methyl sites for hydroxylation is 1. The number of pyridine rings is 1. The Balaban J connectivity index is 0.000000791. The zero-order valence-corrected chi connectivity index (χ0v) is 9.54. The first-order valence-corrected chi connectivity index (χ1v) is 4.99. The molecule has 1 nitrogen and oxygen atoms in total. The lowest BCUT2D eigenvalue weighted by molar-refractivity contribution is 1.23. The summed E-state index contributed by atoms with van der Waals surface area (Å²) in [5.74, 6) is 0. The van der Waals surface area contributed by atoms with Crippen LogP contribution >= 0.6 is 0 Å². The summed E-state index contributed by atoms with van der Waals surface area (Å²) >= 11 is 0. The molecule has 0 bridgehead atoms. The Morgan fingerprint density at radius 2 is 2.00 bits per heavy atom. The molecule has 0 saturated carbocycles. The van der Waals surface area contributed by atoms with Crippen LogP contribution in [0.15, 0.2) is 37.1 Å². The predicted octanol–water partition coefficient (Wildman–Crippen LogP) is 4.01. The van der Waals surface area contributed by atoms with E-state index in [1.54, 1.807) is 0 Å². The topological polar surface area (TPSA) is 12.9 Å². The lowest BCUT2D eigenvalue weighted by Crippen LogP contribution is -1.86. The van der Waals surface area contributed by atoms with Crippen molar-refractivity contribution in [2.24, 2.45) is 0 Å². The molecule has 0 saturated heterocycles. The summed E-state index contributed by atoms with van der Waals surface area (Å²) in [6, 6.07) is 4.06. The third-order valence-corrected chi connectivity index (χ3v) is 1.74. The molecule has 0 fully saturated rings. The van der Waals surface area contributed by atoms with Crippen LogP contribution in [0.1, 0.15) is 32.0 Å². The fourth-order valence-electron chi connectivity index (χ4n) is 1.01. The molecule has 0 spiro atoms. The lowest BCUT2D eigenvalue weighted by atomic mass is 10.1. The maximum atomic E-state index is 4.28. The van der Waals surface area contributed by atoms with E-state index in [9.17, 15) is 0 Å². The van der Waals surface area contributed by atoms with Gasteiger partial charge in [-0.25, -0.2) is 0 Å². The van der Waals surface area contributed by atoms with E-state index in [4.69, 9.17) is 0 Å². The van der Waals surface area contributed by atoms with E-state index >= 15 is 0 Å². The summed E-state index contributed by atoms with van der Waals surface area (Å²) in [5.41, 5.74) is 3.24. The summed E-state index contributed by atoms with van der Waals surface area (Å²) in [5, 5.41) is 0. The van der Waals surface area contributed by atoms with E-state index in [0.717, 1.165) is 11.3 Å². The number of rotatable bonds is 2. The Hall–Kier alpha value is -1.37. The molecule has 1 heteroatoms. The second-order valence-corrected chi connectivity index (χ2v) is 2.67. The molecule has 0 unspecified atom stereocenters. The summed E-state index contributed by atoms with van der Waals surface area (Å²) in [7, 11) is 0. The number of hydrogen-bond acceptors (Lipinski definition) is 1. The molecule has 1 heterocycles. The third kappa shape index (κ3) is 3.56. The molecule has 0 amide bonds. The van der Waals surface area contributed by atoms with Gasteiger partial charge in [0.05, 0.1) is 5.69 Å². The Labute approximate surface area is 87.2 Å². The predicted molar refractivity (Wildman–Crippen MR) is 64.2 cm³/mol. The number of aromatic nitrogens is 1. The standard InChI is InChI=1S/C11H13N.C2H6/c1-4-10(5-2)11-7-6-9(3)8-12-11;1-2/h4-8H,1H2,2-3H3;1-2H3/b10-5+;. The van der Waals surface area contributed by atoms with E-state index in [-0.39, 0.29) is 0 Å². The highest BCUT2D eigenvalue weighted by Gasteiger charge is 1.95. The van der Waals surface area contributed by atoms with Crippen LogP contribution in [0.5, 0.6) is 0 Å². The summed E-state index contributed by atoms with van der Waals surface area (Å²) < 4.78 is 0. The zero-order chi connectivity index (χ0) is 11.0. The largest absolute Gasteiger partial charge is 0.256 e. The van der Waals surface area contributed by atoms with Gasteiger partial charge in [-0.1, -0.05) is 38.6 Å². The van der Waals surface area contributed by atoms with Crippen LogP contribution in [0, 0.1) is 6.92 Å². The SMILES string of the molecule is C=C/C(=C\C)c1ccc(C)cn1.CC. The van der Waals surface area contributed by atoms with Gasteiger partial charge in [0.15, 0.2) is 0 Å². The smallest absolute Gasteiger partial charge is 0.0698 e. The van der Waals surface area contributed by atoms with E-state index < -0.39 is 0 Å². The van der Waals surface area contributed by atoms with Gasteiger partial charge in [-0.15, -0.1) is 0 Å². The Morgan fingerprint density at radius 1 is 1.36 bits per heavy atom. The van der Waals surface area contributed by atoms with Gasteiger partial charge in [-0.05, 0) is 31.1 Å². The average Bonchev–Trinajstić information content (AvgIpc) is 2.25. The van der Waals surface area contributed by atoms with Gasteiger partial charge in [0.1, 0.15) is 0 Å². The van der Waals surface area contributed by atoms with Crippen molar-refractivity contribution in [2.75, 3.05) is 0 Å². The van der Waals surface area contributed by atoms with Crippen LogP contribution in [-0.4, -0.2) is 4.98 Å². The van der Waals surface area contributed by atoms with Gasteiger partial charge >= 0.3 is 0 Å². The summed E-state index contributed by atoms with van der Waals surface area (Å²) in [6.45, 7) is 11.7. The highest BCUT2D eigenvalue weighted by atomic mass is 14.7. The molecular weight excluding hydrogens is 170 g/mol. The van der Waals surface area contributed by atoms with Crippen molar-refractivity contribution in [1.82, 2.24) is 4.98 Å². The van der Waals surface area contributed by atoms with Crippen molar-refractivity contribution in [3.05, 3.63) is 48.3 Å². The molecule has 0 aliphatic carbocycles. The second kappa shape index (κ2) is 7.07. The zero-order valence-electron chi connectivity index (χ0n) is 9.54. The molecule has 0 radical (unpaired) electrons. The first kappa shape index (κ1) is 12.6. The minimum atomic E-state index is 0.984. The molecule has 14 heavy (non-hydrogen) atoms. The summed E-state index contributed by atoms with van der Waals surface area (Å²) in [6.07, 6.45) is 5.69. The monoisotopic (exact) mass is 189 g/mol.